The highest BCUT2D eigenvalue weighted by Crippen LogP contribution is 2.48. The molecule has 0 bridgehead atoms. The van der Waals surface area contributed by atoms with Gasteiger partial charge in [0.05, 0.1) is 11.3 Å². The molecular formula is C36H46N4O8S. The third-order valence-electron chi connectivity index (χ3n) is 11.1. The SMILES string of the molecule is CCC1CC(=O)N2CC(Oc3nccc4c5c(ccc34)OCCO5)CC2C(=O)NC2(C(=O)NS(=O)(=O)C3(C)CC3)CC2C=CCCC(C)C1. The summed E-state index contributed by atoms with van der Waals surface area (Å²) < 4.78 is 45.5. The van der Waals surface area contributed by atoms with Crippen LogP contribution in [-0.4, -0.2) is 78.2 Å². The Bertz CT molecular complexity index is 1790. The summed E-state index contributed by atoms with van der Waals surface area (Å²) in [5.74, 6) is 0.440. The standard InChI is InChI=1S/C36H46N4O8S/c1-4-23-17-22(2)7-5-6-8-24-20-36(24,34(43)39-49(44,45)35(3)12-13-35)38-32(42)28-19-25(21-40(28)30(41)18-23)48-33-27-9-10-29-31(47-16-15-46-29)26(27)11-14-37-33/h6,8-11,14,22-25,28H,4-5,7,12-13,15-21H2,1-3H3,(H,38,42)(H,39,43). The van der Waals surface area contributed by atoms with Crippen molar-refractivity contribution in [1.82, 2.24) is 19.9 Å². The Hall–Kier alpha value is -3.87. The second-order valence-corrected chi connectivity index (χ2v) is 17.0. The molecule has 6 unspecified atom stereocenters. The number of aromatic nitrogens is 1. The number of nitrogens with one attached hydrogen (secondary N) is 2. The summed E-state index contributed by atoms with van der Waals surface area (Å²) in [6.45, 7) is 6.96. The number of hydrogen-bond donors (Lipinski definition) is 2. The first-order valence-electron chi connectivity index (χ1n) is 17.6. The Morgan fingerprint density at radius 1 is 1.14 bits per heavy atom. The molecule has 2 aliphatic carbocycles. The largest absolute Gasteiger partial charge is 0.486 e. The van der Waals surface area contributed by atoms with Gasteiger partial charge in [-0.3, -0.25) is 19.1 Å². The number of allylic oxidation sites excluding steroid dienone is 1. The predicted octanol–water partition coefficient (Wildman–Crippen LogP) is 4.02. The van der Waals surface area contributed by atoms with Gasteiger partial charge in [0.25, 0.3) is 5.91 Å². The third kappa shape index (κ3) is 6.46. The van der Waals surface area contributed by atoms with Gasteiger partial charge >= 0.3 is 0 Å². The van der Waals surface area contributed by atoms with Gasteiger partial charge < -0.3 is 24.4 Å². The normalized spacial score (nSPS) is 31.1. The van der Waals surface area contributed by atoms with Crippen molar-refractivity contribution in [3.05, 3.63) is 36.5 Å². The molecule has 2 aromatic rings. The van der Waals surface area contributed by atoms with Crippen molar-refractivity contribution < 1.29 is 37.0 Å². The lowest BCUT2D eigenvalue weighted by molar-refractivity contribution is -0.140. The number of nitrogens with zero attached hydrogens (tertiary/aromatic N) is 2. The van der Waals surface area contributed by atoms with Gasteiger partial charge in [-0.15, -0.1) is 0 Å². The molecule has 12 nitrogen and oxygen atoms in total. The monoisotopic (exact) mass is 694 g/mol. The Morgan fingerprint density at radius 2 is 1.94 bits per heavy atom. The van der Waals surface area contributed by atoms with Gasteiger partial charge in [0.2, 0.25) is 27.7 Å². The summed E-state index contributed by atoms with van der Waals surface area (Å²) in [4.78, 5) is 48.1. The Labute approximate surface area is 287 Å². The van der Waals surface area contributed by atoms with Crippen LogP contribution in [0, 0.1) is 17.8 Å². The summed E-state index contributed by atoms with van der Waals surface area (Å²) in [5, 5.41) is 4.46. The van der Waals surface area contributed by atoms with Crippen molar-refractivity contribution in [3.8, 4) is 17.4 Å². The summed E-state index contributed by atoms with van der Waals surface area (Å²) >= 11 is 0. The summed E-state index contributed by atoms with van der Waals surface area (Å²) in [6, 6.07) is 4.61. The Morgan fingerprint density at radius 3 is 2.71 bits per heavy atom. The maximum atomic E-state index is 14.2. The second-order valence-electron chi connectivity index (χ2n) is 14.8. The topological polar surface area (TPSA) is 153 Å². The summed E-state index contributed by atoms with van der Waals surface area (Å²) in [5.41, 5.74) is -1.42. The molecule has 3 fully saturated rings. The van der Waals surface area contributed by atoms with E-state index in [0.29, 0.717) is 55.8 Å². The average molecular weight is 695 g/mol. The molecule has 2 N–H and O–H groups in total. The van der Waals surface area contributed by atoms with Crippen LogP contribution in [0.3, 0.4) is 0 Å². The first-order chi connectivity index (χ1) is 23.4. The molecule has 1 saturated heterocycles. The van der Waals surface area contributed by atoms with Gasteiger partial charge in [0.1, 0.15) is 30.9 Å². The highest BCUT2D eigenvalue weighted by molar-refractivity contribution is 7.91. The van der Waals surface area contributed by atoms with Crippen LogP contribution in [-0.2, 0) is 24.4 Å². The number of ether oxygens (including phenoxy) is 3. The highest BCUT2D eigenvalue weighted by Gasteiger charge is 2.63. The highest BCUT2D eigenvalue weighted by atomic mass is 32.2. The van der Waals surface area contributed by atoms with Gasteiger partial charge in [0, 0.05) is 35.7 Å². The van der Waals surface area contributed by atoms with E-state index in [9.17, 15) is 22.8 Å². The lowest BCUT2D eigenvalue weighted by Gasteiger charge is -2.28. The minimum absolute atomic E-state index is 0.140. The average Bonchev–Trinajstić information content (AvgIpc) is 3.96. The zero-order chi connectivity index (χ0) is 34.6. The van der Waals surface area contributed by atoms with Crippen molar-refractivity contribution in [2.24, 2.45) is 17.8 Å². The van der Waals surface area contributed by atoms with Crippen LogP contribution in [0.25, 0.3) is 10.8 Å². The zero-order valence-corrected chi connectivity index (χ0v) is 29.2. The quantitative estimate of drug-likeness (QED) is 0.427. The van der Waals surface area contributed by atoms with Crippen molar-refractivity contribution in [2.45, 2.75) is 101 Å². The lowest BCUT2D eigenvalue weighted by atomic mass is 9.88. The fraction of sp³-hybridized carbons (Fsp3) is 0.611. The molecule has 13 heteroatoms. The molecule has 0 spiro atoms. The van der Waals surface area contributed by atoms with E-state index in [4.69, 9.17) is 14.2 Å². The van der Waals surface area contributed by atoms with Crippen LogP contribution in [0.5, 0.6) is 17.4 Å². The number of amides is 3. The number of pyridine rings is 1. The molecule has 6 atom stereocenters. The van der Waals surface area contributed by atoms with Crippen LogP contribution in [0.15, 0.2) is 36.5 Å². The number of carbonyl (C=O) groups is 3. The van der Waals surface area contributed by atoms with Crippen molar-refractivity contribution in [2.75, 3.05) is 19.8 Å². The molecule has 3 amide bonds. The first kappa shape index (κ1) is 33.6. The fourth-order valence-corrected chi connectivity index (χ4v) is 8.86. The van der Waals surface area contributed by atoms with E-state index < -0.39 is 44.3 Å². The molecule has 4 heterocycles. The van der Waals surface area contributed by atoms with E-state index in [2.05, 4.69) is 28.9 Å². The zero-order valence-electron chi connectivity index (χ0n) is 28.4. The molecule has 3 aliphatic heterocycles. The van der Waals surface area contributed by atoms with Crippen LogP contribution < -0.4 is 24.2 Å². The minimum atomic E-state index is -3.92. The maximum absolute atomic E-state index is 14.2. The van der Waals surface area contributed by atoms with Crippen LogP contribution in [0.1, 0.15) is 78.6 Å². The second kappa shape index (κ2) is 12.8. The van der Waals surface area contributed by atoms with Crippen molar-refractivity contribution in [1.29, 1.82) is 0 Å². The van der Waals surface area contributed by atoms with Gasteiger partial charge in [-0.1, -0.05) is 32.4 Å². The summed E-state index contributed by atoms with van der Waals surface area (Å²) in [7, 11) is -3.92. The number of rotatable bonds is 6. The first-order valence-corrected chi connectivity index (χ1v) is 19.1. The Balaban J connectivity index is 1.17. The van der Waals surface area contributed by atoms with Crippen molar-refractivity contribution >= 4 is 38.5 Å². The molecule has 7 rings (SSSR count). The van der Waals surface area contributed by atoms with E-state index in [0.717, 1.165) is 36.5 Å². The number of benzene rings is 1. The molecule has 1 aromatic carbocycles. The molecule has 264 valence electrons. The van der Waals surface area contributed by atoms with Crippen molar-refractivity contribution in [3.63, 3.8) is 0 Å². The minimum Gasteiger partial charge on any atom is -0.486 e. The maximum Gasteiger partial charge on any atom is 0.259 e. The lowest BCUT2D eigenvalue weighted by Crippen LogP contribution is -2.57. The number of sulfonamides is 1. The number of carbonyl (C=O) groups excluding carboxylic acids is 3. The molecular weight excluding hydrogens is 648 g/mol. The van der Waals surface area contributed by atoms with Crippen LogP contribution in [0.2, 0.25) is 0 Å². The Kier molecular flexibility index (Phi) is 8.77. The molecule has 2 saturated carbocycles. The molecule has 49 heavy (non-hydrogen) atoms. The fourth-order valence-electron chi connectivity index (χ4n) is 7.55. The van der Waals surface area contributed by atoms with E-state index in [1.807, 2.05) is 30.4 Å². The molecule has 0 radical (unpaired) electrons. The van der Waals surface area contributed by atoms with Gasteiger partial charge in [0.15, 0.2) is 11.5 Å². The third-order valence-corrected chi connectivity index (χ3v) is 13.3. The van der Waals surface area contributed by atoms with Gasteiger partial charge in [-0.2, -0.15) is 0 Å². The smallest absolute Gasteiger partial charge is 0.259 e. The van der Waals surface area contributed by atoms with Gasteiger partial charge in [-0.25, -0.2) is 13.4 Å². The number of fused-ring (bicyclic) bond motifs is 5. The van der Waals surface area contributed by atoms with E-state index in [1.54, 1.807) is 18.0 Å². The number of hydrogen-bond acceptors (Lipinski definition) is 9. The predicted molar refractivity (Wildman–Crippen MR) is 182 cm³/mol. The van der Waals surface area contributed by atoms with E-state index in [-0.39, 0.29) is 37.1 Å². The molecule has 5 aliphatic rings. The summed E-state index contributed by atoms with van der Waals surface area (Å²) in [6.07, 6.45) is 10.2. The van der Waals surface area contributed by atoms with E-state index >= 15 is 0 Å². The van der Waals surface area contributed by atoms with Crippen LogP contribution >= 0.6 is 0 Å². The van der Waals surface area contributed by atoms with Crippen LogP contribution in [0.4, 0.5) is 0 Å². The van der Waals surface area contributed by atoms with Gasteiger partial charge in [-0.05, 0) is 75.5 Å². The molecule has 1 aromatic heterocycles. The van der Waals surface area contributed by atoms with E-state index in [1.165, 1.54) is 0 Å².